The van der Waals surface area contributed by atoms with Gasteiger partial charge in [-0.2, -0.15) is 0 Å². The van der Waals surface area contributed by atoms with Crippen molar-refractivity contribution in [3.05, 3.63) is 23.8 Å². The van der Waals surface area contributed by atoms with Crippen LogP contribution in [-0.2, 0) is 4.74 Å². The summed E-state index contributed by atoms with van der Waals surface area (Å²) in [7, 11) is 0. The number of carbonyl (C=O) groups is 1. The first-order chi connectivity index (χ1) is 11.2. The highest BCUT2D eigenvalue weighted by atomic mass is 16.6. The number of para-hydroxylation sites is 1. The number of fused-ring (bicyclic) bond motifs is 3. The van der Waals surface area contributed by atoms with Gasteiger partial charge >= 0.3 is 6.09 Å². The molecule has 2 unspecified atom stereocenters. The number of likely N-dealkylation sites (N-methyl/N-ethyl adjacent to an activating group) is 1. The lowest BCUT2D eigenvalue weighted by Gasteiger charge is -2.42. The standard InChI is InChI=1S/C18H25N3O2/c1-3-19-10-11-21-15-8-9-20(18(22)23-4-2)12-14(15)13-6-5-7-16(19)17(13)21/h5-7,14-15H,3-4,8-12H2,1-2H3. The molecule has 0 spiro atoms. The van der Waals surface area contributed by atoms with Gasteiger partial charge in [0.2, 0.25) is 0 Å². The zero-order valence-corrected chi connectivity index (χ0v) is 14.0. The van der Waals surface area contributed by atoms with E-state index >= 15 is 0 Å². The van der Waals surface area contributed by atoms with Gasteiger partial charge in [-0.15, -0.1) is 0 Å². The molecule has 4 rings (SSSR count). The van der Waals surface area contributed by atoms with Gasteiger partial charge in [-0.3, -0.25) is 0 Å². The van der Waals surface area contributed by atoms with Crippen molar-refractivity contribution in [3.8, 4) is 0 Å². The van der Waals surface area contributed by atoms with E-state index in [-0.39, 0.29) is 6.09 Å². The molecule has 0 radical (unpaired) electrons. The topological polar surface area (TPSA) is 36.0 Å². The van der Waals surface area contributed by atoms with Gasteiger partial charge in [0.1, 0.15) is 0 Å². The van der Waals surface area contributed by atoms with E-state index in [0.29, 0.717) is 18.6 Å². The van der Waals surface area contributed by atoms with Crippen LogP contribution in [-0.4, -0.2) is 56.4 Å². The van der Waals surface area contributed by atoms with Crippen molar-refractivity contribution in [1.82, 2.24) is 4.90 Å². The van der Waals surface area contributed by atoms with Crippen LogP contribution in [0.1, 0.15) is 31.7 Å². The Balaban J connectivity index is 1.66. The maximum atomic E-state index is 12.1. The maximum absolute atomic E-state index is 12.1. The molecule has 3 aliphatic heterocycles. The molecule has 5 heteroatoms. The Morgan fingerprint density at radius 2 is 2.13 bits per heavy atom. The fourth-order valence-corrected chi connectivity index (χ4v) is 4.54. The van der Waals surface area contributed by atoms with Crippen LogP contribution in [0.4, 0.5) is 16.2 Å². The molecule has 2 atom stereocenters. The van der Waals surface area contributed by atoms with Gasteiger partial charge in [0.05, 0.1) is 18.0 Å². The SMILES string of the molecule is CCOC(=O)N1CCC2C(C1)c1cccc3c1N2CCN3CC. The molecule has 3 aliphatic rings. The number of anilines is 2. The molecule has 5 nitrogen and oxygen atoms in total. The molecule has 0 aromatic heterocycles. The second kappa shape index (κ2) is 5.62. The molecule has 1 aromatic rings. The fraction of sp³-hybridized carbons (Fsp3) is 0.611. The zero-order chi connectivity index (χ0) is 16.0. The lowest BCUT2D eigenvalue weighted by atomic mass is 9.89. The predicted octanol–water partition coefficient (Wildman–Crippen LogP) is 2.66. The van der Waals surface area contributed by atoms with Crippen molar-refractivity contribution in [2.45, 2.75) is 32.2 Å². The Labute approximate surface area is 137 Å². The van der Waals surface area contributed by atoms with Crippen molar-refractivity contribution in [2.75, 3.05) is 49.1 Å². The number of piperidine rings is 1. The summed E-state index contributed by atoms with van der Waals surface area (Å²) in [4.78, 5) is 19.1. The average Bonchev–Trinajstić information content (AvgIpc) is 2.91. The molecule has 1 aromatic carbocycles. The predicted molar refractivity (Wildman–Crippen MR) is 91.4 cm³/mol. The highest BCUT2D eigenvalue weighted by Crippen LogP contribution is 2.50. The van der Waals surface area contributed by atoms with E-state index in [1.807, 2.05) is 11.8 Å². The van der Waals surface area contributed by atoms with Crippen molar-refractivity contribution in [1.29, 1.82) is 0 Å². The summed E-state index contributed by atoms with van der Waals surface area (Å²) < 4.78 is 5.21. The van der Waals surface area contributed by atoms with Crippen molar-refractivity contribution in [2.24, 2.45) is 0 Å². The van der Waals surface area contributed by atoms with Crippen LogP contribution in [0.25, 0.3) is 0 Å². The third-order valence-electron chi connectivity index (χ3n) is 5.57. The third kappa shape index (κ3) is 2.17. The molecule has 0 aliphatic carbocycles. The molecular formula is C18H25N3O2. The number of hydrogen-bond donors (Lipinski definition) is 0. The molecular weight excluding hydrogens is 290 g/mol. The monoisotopic (exact) mass is 315 g/mol. The van der Waals surface area contributed by atoms with Gasteiger partial charge in [0.25, 0.3) is 0 Å². The first-order valence-electron chi connectivity index (χ1n) is 8.80. The Morgan fingerprint density at radius 3 is 2.91 bits per heavy atom. The molecule has 23 heavy (non-hydrogen) atoms. The zero-order valence-electron chi connectivity index (χ0n) is 14.0. The normalized spacial score (nSPS) is 25.2. The van der Waals surface area contributed by atoms with Gasteiger partial charge < -0.3 is 19.4 Å². The summed E-state index contributed by atoms with van der Waals surface area (Å²) in [6.07, 6.45) is 0.871. The number of amides is 1. The van der Waals surface area contributed by atoms with Crippen molar-refractivity contribution < 1.29 is 9.53 Å². The Hall–Kier alpha value is -1.91. The van der Waals surface area contributed by atoms with Crippen LogP contribution in [0.15, 0.2) is 18.2 Å². The second-order valence-corrected chi connectivity index (χ2v) is 6.60. The van der Waals surface area contributed by atoms with Crippen LogP contribution in [0.2, 0.25) is 0 Å². The van der Waals surface area contributed by atoms with Crippen LogP contribution in [0.3, 0.4) is 0 Å². The summed E-state index contributed by atoms with van der Waals surface area (Å²) >= 11 is 0. The summed E-state index contributed by atoms with van der Waals surface area (Å²) in [5.41, 5.74) is 4.20. The summed E-state index contributed by atoms with van der Waals surface area (Å²) in [5, 5.41) is 0. The molecule has 0 saturated carbocycles. The summed E-state index contributed by atoms with van der Waals surface area (Å²) in [6.45, 7) is 9.36. The number of rotatable bonds is 2. The number of ether oxygens (including phenoxy) is 1. The summed E-state index contributed by atoms with van der Waals surface area (Å²) in [6, 6.07) is 7.21. The van der Waals surface area contributed by atoms with E-state index in [1.54, 1.807) is 0 Å². The highest BCUT2D eigenvalue weighted by molar-refractivity contribution is 5.81. The van der Waals surface area contributed by atoms with E-state index in [4.69, 9.17) is 4.74 Å². The average molecular weight is 315 g/mol. The Kier molecular flexibility index (Phi) is 3.58. The first-order valence-corrected chi connectivity index (χ1v) is 8.80. The van der Waals surface area contributed by atoms with E-state index in [0.717, 1.165) is 39.1 Å². The third-order valence-corrected chi connectivity index (χ3v) is 5.57. The first kappa shape index (κ1) is 14.7. The number of carbonyl (C=O) groups excluding carboxylic acids is 1. The number of likely N-dealkylation sites (tertiary alicyclic amines) is 1. The minimum atomic E-state index is -0.160. The number of hydrogen-bond acceptors (Lipinski definition) is 4. The highest BCUT2D eigenvalue weighted by Gasteiger charge is 2.45. The molecule has 1 saturated heterocycles. The van der Waals surface area contributed by atoms with Gasteiger partial charge in [-0.25, -0.2) is 4.79 Å². The van der Waals surface area contributed by atoms with Gasteiger partial charge in [-0.05, 0) is 31.9 Å². The van der Waals surface area contributed by atoms with Crippen molar-refractivity contribution >= 4 is 17.5 Å². The molecule has 3 heterocycles. The molecule has 1 fully saturated rings. The van der Waals surface area contributed by atoms with Gasteiger partial charge in [-0.1, -0.05) is 12.1 Å². The largest absolute Gasteiger partial charge is 0.450 e. The number of nitrogens with zero attached hydrogens (tertiary/aromatic N) is 3. The van der Waals surface area contributed by atoms with E-state index < -0.39 is 0 Å². The van der Waals surface area contributed by atoms with Gasteiger partial charge in [0.15, 0.2) is 0 Å². The van der Waals surface area contributed by atoms with Crippen molar-refractivity contribution in [3.63, 3.8) is 0 Å². The lowest BCUT2D eigenvalue weighted by molar-refractivity contribution is 0.0934. The van der Waals surface area contributed by atoms with Gasteiger partial charge in [0, 0.05) is 44.7 Å². The van der Waals surface area contributed by atoms with E-state index in [1.165, 1.54) is 16.9 Å². The minimum absolute atomic E-state index is 0.160. The smallest absolute Gasteiger partial charge is 0.409 e. The van der Waals surface area contributed by atoms with E-state index in [9.17, 15) is 4.79 Å². The number of benzene rings is 1. The van der Waals surface area contributed by atoms with Crippen LogP contribution < -0.4 is 9.80 Å². The lowest BCUT2D eigenvalue weighted by Crippen LogP contribution is -2.50. The van der Waals surface area contributed by atoms with E-state index in [2.05, 4.69) is 34.9 Å². The van der Waals surface area contributed by atoms with Crippen LogP contribution in [0, 0.1) is 0 Å². The minimum Gasteiger partial charge on any atom is -0.450 e. The molecule has 0 bridgehead atoms. The Bertz CT molecular complexity index is 618. The summed E-state index contributed by atoms with van der Waals surface area (Å²) in [5.74, 6) is 0.417. The van der Waals surface area contributed by atoms with Crippen LogP contribution >= 0.6 is 0 Å². The maximum Gasteiger partial charge on any atom is 0.409 e. The molecule has 1 amide bonds. The molecule has 0 N–H and O–H groups in total. The fourth-order valence-electron chi connectivity index (χ4n) is 4.54. The Morgan fingerprint density at radius 1 is 1.26 bits per heavy atom. The molecule has 124 valence electrons. The van der Waals surface area contributed by atoms with Crippen LogP contribution in [0.5, 0.6) is 0 Å². The quantitative estimate of drug-likeness (QED) is 0.841. The second-order valence-electron chi connectivity index (χ2n) is 6.60.